The molecule has 0 radical (unpaired) electrons. The lowest BCUT2D eigenvalue weighted by atomic mass is 10.1. The molecule has 1 aliphatic rings. The van der Waals surface area contributed by atoms with Crippen LogP contribution in [0.15, 0.2) is 66.7 Å². The van der Waals surface area contributed by atoms with E-state index in [9.17, 15) is 25.0 Å². The average molecular weight is 619 g/mol. The van der Waals surface area contributed by atoms with E-state index >= 15 is 0 Å². The monoisotopic (exact) mass is 618 g/mol. The highest BCUT2D eigenvalue weighted by Crippen LogP contribution is 2.20. The first-order valence-electron chi connectivity index (χ1n) is 15.3. The number of pyridine rings is 1. The van der Waals surface area contributed by atoms with Crippen molar-refractivity contribution in [3.05, 3.63) is 109 Å². The van der Waals surface area contributed by atoms with Crippen LogP contribution >= 0.6 is 0 Å². The second-order valence-corrected chi connectivity index (χ2v) is 12.4. The summed E-state index contributed by atoms with van der Waals surface area (Å²) in [5.74, 6) is 0. The molecule has 4 rings (SSSR count). The van der Waals surface area contributed by atoms with Gasteiger partial charge in [0.05, 0.1) is 21.2 Å². The summed E-state index contributed by atoms with van der Waals surface area (Å²) < 4.78 is 5.72. The molecule has 45 heavy (non-hydrogen) atoms. The van der Waals surface area contributed by atoms with Crippen LogP contribution in [0.5, 0.6) is 0 Å². The van der Waals surface area contributed by atoms with Crippen molar-refractivity contribution < 1.29 is 19.4 Å². The largest absolute Gasteiger partial charge is 0.444 e. The van der Waals surface area contributed by atoms with Gasteiger partial charge in [-0.3, -0.25) is 35.0 Å². The number of hydrogen-bond acceptors (Lipinski definition) is 9. The van der Waals surface area contributed by atoms with Crippen LogP contribution in [0.25, 0.3) is 0 Å². The SMILES string of the molecule is CC(C)(C)OC(=O)N1CCCCN(Cc2cccc([N+](=O)[O-])c2)Cc2cccc(n2)CN(Cc2cccc([N+](=O)[O-])c2)CCC1. The maximum absolute atomic E-state index is 13.1. The predicted molar refractivity (Wildman–Crippen MR) is 170 cm³/mol. The molecule has 0 aliphatic carbocycles. The summed E-state index contributed by atoms with van der Waals surface area (Å²) in [6, 6.07) is 19.3. The lowest BCUT2D eigenvalue weighted by Gasteiger charge is -2.29. The first-order valence-corrected chi connectivity index (χ1v) is 15.3. The van der Waals surface area contributed by atoms with Crippen molar-refractivity contribution >= 4 is 17.5 Å². The molecule has 0 saturated heterocycles. The number of non-ortho nitro benzene ring substituents is 2. The number of fused-ring (bicyclic) bond motifs is 2. The van der Waals surface area contributed by atoms with Gasteiger partial charge in [0, 0.05) is 70.1 Å². The molecule has 2 heterocycles. The normalized spacial score (nSPS) is 15.9. The molecule has 1 amide bonds. The molecule has 0 atom stereocenters. The van der Waals surface area contributed by atoms with Gasteiger partial charge in [0.1, 0.15) is 5.60 Å². The molecule has 0 spiro atoms. The topological polar surface area (TPSA) is 135 Å². The Bertz CT molecular complexity index is 1480. The van der Waals surface area contributed by atoms with Crippen molar-refractivity contribution in [1.82, 2.24) is 19.7 Å². The molecule has 0 saturated carbocycles. The third-order valence-corrected chi connectivity index (χ3v) is 7.40. The highest BCUT2D eigenvalue weighted by Gasteiger charge is 2.23. The van der Waals surface area contributed by atoms with Gasteiger partial charge >= 0.3 is 6.09 Å². The maximum atomic E-state index is 13.1. The van der Waals surface area contributed by atoms with Crippen LogP contribution < -0.4 is 0 Å². The van der Waals surface area contributed by atoms with E-state index in [2.05, 4.69) is 9.80 Å². The molecule has 1 aliphatic heterocycles. The van der Waals surface area contributed by atoms with E-state index in [0.29, 0.717) is 52.2 Å². The molecular weight excluding hydrogens is 576 g/mol. The van der Waals surface area contributed by atoms with Gasteiger partial charge in [-0.25, -0.2) is 4.79 Å². The lowest BCUT2D eigenvalue weighted by Crippen LogP contribution is -2.39. The number of carbonyl (C=O) groups excluding carboxylic acids is 1. The molecule has 0 N–H and O–H groups in total. The summed E-state index contributed by atoms with van der Waals surface area (Å²) in [6.07, 6.45) is 1.91. The number of rotatable bonds is 6. The van der Waals surface area contributed by atoms with Crippen LogP contribution in [-0.4, -0.2) is 67.4 Å². The van der Waals surface area contributed by atoms with Crippen molar-refractivity contribution in [3.8, 4) is 0 Å². The number of hydrogen-bond donors (Lipinski definition) is 0. The van der Waals surface area contributed by atoms with Gasteiger partial charge in [-0.2, -0.15) is 0 Å². The highest BCUT2D eigenvalue weighted by molar-refractivity contribution is 5.68. The quantitative estimate of drug-likeness (QED) is 0.230. The zero-order valence-corrected chi connectivity index (χ0v) is 26.3. The third-order valence-electron chi connectivity index (χ3n) is 7.40. The van der Waals surface area contributed by atoms with Gasteiger partial charge in [0.15, 0.2) is 0 Å². The van der Waals surface area contributed by atoms with E-state index in [4.69, 9.17) is 9.72 Å². The first-order chi connectivity index (χ1) is 21.4. The van der Waals surface area contributed by atoms with Gasteiger partial charge in [-0.05, 0) is 69.8 Å². The number of nitro benzene ring substituents is 2. The Kier molecular flexibility index (Phi) is 11.6. The summed E-state index contributed by atoms with van der Waals surface area (Å²) in [5.41, 5.74) is 2.91. The number of nitrogens with zero attached hydrogens (tertiary/aromatic N) is 6. The minimum absolute atomic E-state index is 0.0471. The van der Waals surface area contributed by atoms with E-state index in [1.54, 1.807) is 29.2 Å². The molecule has 0 unspecified atom stereocenters. The fourth-order valence-corrected chi connectivity index (χ4v) is 5.39. The van der Waals surface area contributed by atoms with Crippen molar-refractivity contribution in [2.75, 3.05) is 26.2 Å². The minimum Gasteiger partial charge on any atom is -0.444 e. The Hall–Kier alpha value is -4.42. The summed E-state index contributed by atoms with van der Waals surface area (Å²) in [4.78, 5) is 46.3. The lowest BCUT2D eigenvalue weighted by molar-refractivity contribution is -0.385. The Morgan fingerprint density at radius 2 is 1.22 bits per heavy atom. The van der Waals surface area contributed by atoms with Crippen LogP contribution in [0.4, 0.5) is 16.2 Å². The summed E-state index contributed by atoms with van der Waals surface area (Å²) >= 11 is 0. The summed E-state index contributed by atoms with van der Waals surface area (Å²) in [5, 5.41) is 22.8. The van der Waals surface area contributed by atoms with Crippen molar-refractivity contribution in [2.24, 2.45) is 0 Å². The zero-order valence-electron chi connectivity index (χ0n) is 26.3. The van der Waals surface area contributed by atoms with Gasteiger partial charge in [-0.1, -0.05) is 30.3 Å². The van der Waals surface area contributed by atoms with E-state index in [-0.39, 0.29) is 22.4 Å². The second kappa shape index (κ2) is 15.5. The average Bonchev–Trinajstić information content (AvgIpc) is 2.97. The van der Waals surface area contributed by atoms with Gasteiger partial charge < -0.3 is 9.64 Å². The van der Waals surface area contributed by atoms with Crippen LogP contribution in [0.2, 0.25) is 0 Å². The fraction of sp³-hybridized carbons (Fsp3) is 0.455. The van der Waals surface area contributed by atoms with E-state index < -0.39 is 10.5 Å². The van der Waals surface area contributed by atoms with E-state index in [0.717, 1.165) is 41.9 Å². The number of aromatic nitrogens is 1. The Morgan fingerprint density at radius 1 is 0.756 bits per heavy atom. The van der Waals surface area contributed by atoms with E-state index in [1.807, 2.05) is 51.1 Å². The molecule has 12 heteroatoms. The molecule has 3 aromatic rings. The van der Waals surface area contributed by atoms with Crippen molar-refractivity contribution in [3.63, 3.8) is 0 Å². The van der Waals surface area contributed by atoms with E-state index in [1.165, 1.54) is 12.1 Å². The maximum Gasteiger partial charge on any atom is 0.410 e. The summed E-state index contributed by atoms with van der Waals surface area (Å²) in [7, 11) is 0. The van der Waals surface area contributed by atoms with Gasteiger partial charge in [0.25, 0.3) is 11.4 Å². The van der Waals surface area contributed by atoms with Crippen LogP contribution in [-0.2, 0) is 30.9 Å². The smallest absolute Gasteiger partial charge is 0.410 e. The molecule has 12 nitrogen and oxygen atoms in total. The Morgan fingerprint density at radius 3 is 1.73 bits per heavy atom. The highest BCUT2D eigenvalue weighted by atomic mass is 16.6. The third kappa shape index (κ3) is 10.9. The first kappa shape index (κ1) is 33.5. The number of benzene rings is 2. The molecule has 2 aromatic carbocycles. The standard InChI is InChI=1S/C33H42N6O6/c1-33(2,3)45-32(40)37-18-5-4-16-35(22-26-10-6-14-30(20-26)38(41)42)24-28-12-8-13-29(34-28)25-36(17-9-19-37)23-27-11-7-15-31(21-27)39(43)44/h6-8,10-15,20-21H,4-5,9,16-19,22-25H2,1-3H3. The fourth-order valence-electron chi connectivity index (χ4n) is 5.39. The number of carbonyl (C=O) groups is 1. The molecule has 240 valence electrons. The van der Waals surface area contributed by atoms with Crippen LogP contribution in [0.1, 0.15) is 62.5 Å². The molecule has 2 bridgehead atoms. The van der Waals surface area contributed by atoms with Crippen LogP contribution in [0, 0.1) is 20.2 Å². The van der Waals surface area contributed by atoms with Crippen molar-refractivity contribution in [1.29, 1.82) is 0 Å². The molecular formula is C33H42N6O6. The summed E-state index contributed by atoms with van der Waals surface area (Å²) in [6.45, 7) is 10.0. The zero-order chi connectivity index (χ0) is 32.4. The molecule has 1 aromatic heterocycles. The second-order valence-electron chi connectivity index (χ2n) is 12.4. The number of ether oxygens (including phenoxy) is 1. The Labute approximate surface area is 263 Å². The predicted octanol–water partition coefficient (Wildman–Crippen LogP) is 6.32. The number of amides is 1. The Balaban J connectivity index is 1.59. The number of nitro groups is 2. The van der Waals surface area contributed by atoms with Crippen molar-refractivity contribution in [2.45, 2.75) is 71.8 Å². The van der Waals surface area contributed by atoms with Gasteiger partial charge in [-0.15, -0.1) is 0 Å². The molecule has 0 fully saturated rings. The van der Waals surface area contributed by atoms with Gasteiger partial charge in [0.2, 0.25) is 0 Å². The van der Waals surface area contributed by atoms with Crippen LogP contribution in [0.3, 0.4) is 0 Å². The minimum atomic E-state index is -0.618.